The van der Waals surface area contributed by atoms with E-state index >= 15 is 0 Å². The highest BCUT2D eigenvalue weighted by molar-refractivity contribution is 5.84. The first-order valence-electron chi connectivity index (χ1n) is 8.78. The largest absolute Gasteiger partial charge is 0.361 e. The zero-order chi connectivity index (χ0) is 16.0. The minimum absolute atomic E-state index is 0.0509. The molecule has 0 radical (unpaired) electrons. The summed E-state index contributed by atoms with van der Waals surface area (Å²) in [5.74, 6) is 3.40. The van der Waals surface area contributed by atoms with Gasteiger partial charge in [-0.05, 0) is 75.5 Å². The summed E-state index contributed by atoms with van der Waals surface area (Å²) < 4.78 is 5.09. The van der Waals surface area contributed by atoms with Gasteiger partial charge >= 0.3 is 0 Å². The van der Waals surface area contributed by atoms with E-state index in [2.05, 4.69) is 15.7 Å². The number of carbonyl (C=O) groups excluding carboxylic acids is 1. The molecule has 5 heteroatoms. The molecule has 0 unspecified atom stereocenters. The van der Waals surface area contributed by atoms with Crippen molar-refractivity contribution in [1.29, 1.82) is 0 Å². The molecule has 4 fully saturated rings. The molecule has 1 N–H and O–H groups in total. The second-order valence-corrected chi connectivity index (χ2v) is 8.13. The lowest BCUT2D eigenvalue weighted by atomic mass is 9.49. The Hall–Kier alpha value is -1.65. The fourth-order valence-corrected chi connectivity index (χ4v) is 5.73. The van der Waals surface area contributed by atoms with E-state index in [0.717, 1.165) is 34.8 Å². The van der Waals surface area contributed by atoms with Crippen molar-refractivity contribution in [3.8, 4) is 0 Å². The molecule has 23 heavy (non-hydrogen) atoms. The fourth-order valence-electron chi connectivity index (χ4n) is 5.73. The van der Waals surface area contributed by atoms with Gasteiger partial charge in [0.2, 0.25) is 5.91 Å². The molecule has 4 saturated carbocycles. The average molecular weight is 315 g/mol. The van der Waals surface area contributed by atoms with Crippen molar-refractivity contribution in [3.63, 3.8) is 0 Å². The topological polar surface area (TPSA) is 67.5 Å². The molecule has 4 aliphatic carbocycles. The molecule has 1 amide bonds. The number of aryl methyl sites for hydroxylation is 2. The molecule has 1 heterocycles. The van der Waals surface area contributed by atoms with Crippen LogP contribution in [0.2, 0.25) is 0 Å². The first kappa shape index (κ1) is 14.9. The van der Waals surface area contributed by atoms with Crippen molar-refractivity contribution in [2.24, 2.45) is 28.3 Å². The van der Waals surface area contributed by atoms with Gasteiger partial charge < -0.3 is 4.52 Å². The lowest BCUT2D eigenvalue weighted by Crippen LogP contribution is -2.47. The van der Waals surface area contributed by atoms with E-state index in [1.165, 1.54) is 38.5 Å². The Kier molecular flexibility index (Phi) is 3.54. The van der Waals surface area contributed by atoms with E-state index in [4.69, 9.17) is 4.52 Å². The summed E-state index contributed by atoms with van der Waals surface area (Å²) in [7, 11) is 0. The minimum Gasteiger partial charge on any atom is -0.361 e. The highest BCUT2D eigenvalue weighted by atomic mass is 16.5. The summed E-state index contributed by atoms with van der Waals surface area (Å²) in [6.07, 6.45) is 10.2. The maximum Gasteiger partial charge on any atom is 0.240 e. The van der Waals surface area contributed by atoms with Crippen LogP contribution < -0.4 is 5.43 Å². The van der Waals surface area contributed by atoms with Gasteiger partial charge in [0.05, 0.1) is 17.5 Å². The molecule has 4 aliphatic rings. The zero-order valence-electron chi connectivity index (χ0n) is 14.0. The van der Waals surface area contributed by atoms with Crippen LogP contribution in [0, 0.1) is 37.0 Å². The Balaban J connectivity index is 1.37. The molecule has 0 atom stereocenters. The number of hydrogen-bond donors (Lipinski definition) is 1. The van der Waals surface area contributed by atoms with Crippen LogP contribution in [0.1, 0.15) is 62.0 Å². The lowest BCUT2D eigenvalue weighted by Gasteiger charge is -2.56. The number of amides is 1. The lowest BCUT2D eigenvalue weighted by molar-refractivity contribution is -0.129. The Morgan fingerprint density at radius 1 is 1.26 bits per heavy atom. The van der Waals surface area contributed by atoms with Gasteiger partial charge in [0.25, 0.3) is 0 Å². The summed E-state index contributed by atoms with van der Waals surface area (Å²) in [6.45, 7) is 3.72. The van der Waals surface area contributed by atoms with E-state index in [1.807, 2.05) is 13.8 Å². The number of rotatable bonds is 4. The van der Waals surface area contributed by atoms with Crippen LogP contribution in [0.3, 0.4) is 0 Å². The number of nitrogens with one attached hydrogen (secondary N) is 1. The van der Waals surface area contributed by atoms with Crippen LogP contribution in [-0.2, 0) is 4.79 Å². The van der Waals surface area contributed by atoms with Crippen molar-refractivity contribution < 1.29 is 9.32 Å². The smallest absolute Gasteiger partial charge is 0.240 e. The second kappa shape index (κ2) is 5.46. The zero-order valence-corrected chi connectivity index (χ0v) is 14.0. The molecule has 1 aromatic heterocycles. The molecule has 4 bridgehead atoms. The first-order valence-corrected chi connectivity index (χ1v) is 8.78. The predicted molar refractivity (Wildman–Crippen MR) is 86.9 cm³/mol. The van der Waals surface area contributed by atoms with Crippen molar-refractivity contribution in [2.75, 3.05) is 0 Å². The molecule has 1 aromatic rings. The van der Waals surface area contributed by atoms with E-state index in [9.17, 15) is 4.79 Å². The monoisotopic (exact) mass is 315 g/mol. The summed E-state index contributed by atoms with van der Waals surface area (Å²) in [4.78, 5) is 12.4. The van der Waals surface area contributed by atoms with E-state index in [0.29, 0.717) is 6.42 Å². The Labute approximate surface area is 136 Å². The van der Waals surface area contributed by atoms with Crippen LogP contribution in [-0.4, -0.2) is 17.3 Å². The number of aromatic nitrogens is 1. The van der Waals surface area contributed by atoms with Gasteiger partial charge in [-0.2, -0.15) is 5.10 Å². The molecule has 0 spiro atoms. The van der Waals surface area contributed by atoms with Crippen LogP contribution >= 0.6 is 0 Å². The van der Waals surface area contributed by atoms with Crippen molar-refractivity contribution >= 4 is 12.1 Å². The van der Waals surface area contributed by atoms with E-state index in [1.54, 1.807) is 6.21 Å². The van der Waals surface area contributed by atoms with Crippen molar-refractivity contribution in [1.82, 2.24) is 10.6 Å². The van der Waals surface area contributed by atoms with Crippen LogP contribution in [0.5, 0.6) is 0 Å². The van der Waals surface area contributed by atoms with Crippen LogP contribution in [0.25, 0.3) is 0 Å². The standard InChI is InChI=1S/C18H25N3O2/c1-11-16(12(2)23-21-11)10-19-20-17(22)9-18-6-13-3-14(7-18)5-15(4-13)8-18/h10,13-15H,3-9H2,1-2H3,(H,20,22)/b19-10+. The van der Waals surface area contributed by atoms with Crippen molar-refractivity contribution in [2.45, 2.75) is 58.8 Å². The molecular formula is C18H25N3O2. The van der Waals surface area contributed by atoms with E-state index in [-0.39, 0.29) is 11.3 Å². The number of nitrogens with zero attached hydrogens (tertiary/aromatic N) is 2. The molecule has 5 rings (SSSR count). The predicted octanol–water partition coefficient (Wildman–Crippen LogP) is 3.35. The highest BCUT2D eigenvalue weighted by Crippen LogP contribution is 2.61. The molecule has 124 valence electrons. The van der Waals surface area contributed by atoms with Gasteiger partial charge in [-0.3, -0.25) is 4.79 Å². The minimum atomic E-state index is 0.0509. The summed E-state index contributed by atoms with van der Waals surface area (Å²) in [6, 6.07) is 0. The normalized spacial score (nSPS) is 35.1. The average Bonchev–Trinajstić information content (AvgIpc) is 2.77. The van der Waals surface area contributed by atoms with Gasteiger partial charge in [0.1, 0.15) is 5.76 Å². The van der Waals surface area contributed by atoms with Gasteiger partial charge in [-0.15, -0.1) is 0 Å². The Bertz CT molecular complexity index is 592. The number of hydrogen-bond acceptors (Lipinski definition) is 4. The number of hydrazone groups is 1. The quantitative estimate of drug-likeness (QED) is 0.684. The van der Waals surface area contributed by atoms with Gasteiger partial charge in [0, 0.05) is 6.42 Å². The third-order valence-corrected chi connectivity index (χ3v) is 6.17. The molecule has 5 nitrogen and oxygen atoms in total. The summed E-state index contributed by atoms with van der Waals surface area (Å²) in [5, 5.41) is 7.99. The third kappa shape index (κ3) is 2.81. The summed E-state index contributed by atoms with van der Waals surface area (Å²) >= 11 is 0. The van der Waals surface area contributed by atoms with Crippen molar-refractivity contribution in [3.05, 3.63) is 17.0 Å². The van der Waals surface area contributed by atoms with Gasteiger partial charge in [-0.1, -0.05) is 5.16 Å². The molecule has 0 aliphatic heterocycles. The summed E-state index contributed by atoms with van der Waals surface area (Å²) in [5.41, 5.74) is 4.61. The molecule has 0 saturated heterocycles. The van der Waals surface area contributed by atoms with E-state index < -0.39 is 0 Å². The number of carbonyl (C=O) groups is 1. The van der Waals surface area contributed by atoms with Gasteiger partial charge in [-0.25, -0.2) is 5.43 Å². The SMILES string of the molecule is Cc1noc(C)c1/C=N/NC(=O)CC12CC3CC(CC(C3)C1)C2. The first-order chi connectivity index (χ1) is 11.0. The van der Waals surface area contributed by atoms with Crippen LogP contribution in [0.15, 0.2) is 9.62 Å². The molecule has 0 aromatic carbocycles. The van der Waals surface area contributed by atoms with Gasteiger partial charge in [0.15, 0.2) is 0 Å². The highest BCUT2D eigenvalue weighted by Gasteiger charge is 2.51. The Morgan fingerprint density at radius 2 is 1.87 bits per heavy atom. The molecular weight excluding hydrogens is 290 g/mol. The van der Waals surface area contributed by atoms with Crippen LogP contribution in [0.4, 0.5) is 0 Å². The Morgan fingerprint density at radius 3 is 2.39 bits per heavy atom. The second-order valence-electron chi connectivity index (χ2n) is 8.13. The maximum atomic E-state index is 12.4. The maximum absolute atomic E-state index is 12.4. The fraction of sp³-hybridized carbons (Fsp3) is 0.722. The third-order valence-electron chi connectivity index (χ3n) is 6.17.